The molecule has 0 saturated heterocycles. The topological polar surface area (TPSA) is 79.6 Å². The molecule has 0 bridgehead atoms. The minimum atomic E-state index is -0.0336. The molecule has 4 nitrogen and oxygen atoms in total. The first-order valence-corrected chi connectivity index (χ1v) is 9.64. The Kier molecular flexibility index (Phi) is 36.6. The predicted molar refractivity (Wildman–Crippen MR) is 83.7 cm³/mol. The van der Waals surface area contributed by atoms with Crippen LogP contribution in [0.25, 0.3) is 0 Å². The largest absolute Gasteiger partial charge is 0.758 e. The van der Waals surface area contributed by atoms with Gasteiger partial charge in [-0.05, 0) is 37.0 Å². The summed E-state index contributed by atoms with van der Waals surface area (Å²) in [5.74, 6) is 0. The van der Waals surface area contributed by atoms with Crippen LogP contribution in [0.3, 0.4) is 0 Å². The van der Waals surface area contributed by atoms with Crippen molar-refractivity contribution in [3.05, 3.63) is 26.6 Å². The Morgan fingerprint density at radius 3 is 1.00 bits per heavy atom. The van der Waals surface area contributed by atoms with Crippen LogP contribution in [-0.2, 0) is 47.9 Å². The molecule has 129 valence electrons. The maximum Gasteiger partial charge on any atom is 0 e. The first kappa shape index (κ1) is 31.1. The fourth-order valence-electron chi connectivity index (χ4n) is 2.97. The minimum absolute atomic E-state index is 0. The molecule has 0 aliphatic heterocycles. The Labute approximate surface area is 157 Å². The van der Waals surface area contributed by atoms with Crippen molar-refractivity contribution in [3.63, 3.8) is 0 Å². The van der Waals surface area contributed by atoms with E-state index >= 15 is 0 Å². The molecule has 2 aliphatic carbocycles. The summed E-state index contributed by atoms with van der Waals surface area (Å²) in [6.45, 7) is 18.0. The number of hydrogen-bond donors (Lipinski definition) is 0. The van der Waals surface area contributed by atoms with Gasteiger partial charge in [-0.3, -0.25) is 0 Å². The molecule has 0 aromatic rings. The summed E-state index contributed by atoms with van der Waals surface area (Å²) in [4.78, 5) is 0. The zero-order valence-electron chi connectivity index (χ0n) is 13.1. The SMILES string of the molecule is [C-]#[O+].[C-]#[O+].[C-]#[O+].[C-]#[O+].[Mn].[S-]P(C1CCCCC1)C1CCCCC1. The molecule has 0 spiro atoms. The number of hydrogen-bond acceptors (Lipinski definition) is 1. The van der Waals surface area contributed by atoms with E-state index in [-0.39, 0.29) is 24.2 Å². The van der Waals surface area contributed by atoms with Crippen molar-refractivity contribution in [1.29, 1.82) is 0 Å². The molecule has 0 unspecified atom stereocenters. The van der Waals surface area contributed by atoms with E-state index in [2.05, 4.69) is 26.6 Å². The van der Waals surface area contributed by atoms with Gasteiger partial charge in [0.15, 0.2) is 0 Å². The van der Waals surface area contributed by atoms with Crippen LogP contribution >= 0.6 is 7.12 Å². The van der Waals surface area contributed by atoms with E-state index in [1.807, 2.05) is 0 Å². The summed E-state index contributed by atoms with van der Waals surface area (Å²) in [6.07, 6.45) is 14.7. The third-order valence-corrected chi connectivity index (χ3v) is 8.13. The van der Waals surface area contributed by atoms with E-state index in [0.29, 0.717) is 0 Å². The van der Waals surface area contributed by atoms with Gasteiger partial charge in [0, 0.05) is 17.1 Å². The second-order valence-electron chi connectivity index (χ2n) is 4.94. The maximum absolute atomic E-state index is 7.50. The van der Waals surface area contributed by atoms with Gasteiger partial charge in [-0.15, -0.1) is 0 Å². The molecule has 2 fully saturated rings. The number of rotatable bonds is 2. The molecular formula is C16H22MnO4PS-. The molecule has 0 aromatic heterocycles. The Bertz CT molecular complexity index is 266. The van der Waals surface area contributed by atoms with Gasteiger partial charge in [0.25, 0.3) is 0 Å². The Hall–Kier alpha value is 0.259. The van der Waals surface area contributed by atoms with Crippen molar-refractivity contribution in [1.82, 2.24) is 0 Å². The summed E-state index contributed by atoms with van der Waals surface area (Å²) in [7, 11) is -0.0336. The van der Waals surface area contributed by atoms with E-state index in [1.165, 1.54) is 64.2 Å². The smallest absolute Gasteiger partial charge is 0 e. The molecule has 0 aromatic carbocycles. The van der Waals surface area contributed by atoms with Crippen molar-refractivity contribution in [2.75, 3.05) is 0 Å². The fourth-order valence-corrected chi connectivity index (χ4v) is 6.58. The Balaban J connectivity index is -0.000000176. The first-order chi connectivity index (χ1) is 10.9. The van der Waals surface area contributed by atoms with Gasteiger partial charge in [0.1, 0.15) is 0 Å². The quantitative estimate of drug-likeness (QED) is 0.223. The summed E-state index contributed by atoms with van der Waals surface area (Å²) in [5.41, 5.74) is 1.94. The molecule has 23 heavy (non-hydrogen) atoms. The van der Waals surface area contributed by atoms with Gasteiger partial charge in [-0.1, -0.05) is 38.5 Å². The molecule has 2 rings (SSSR count). The van der Waals surface area contributed by atoms with Gasteiger partial charge in [0.2, 0.25) is 0 Å². The van der Waals surface area contributed by atoms with Crippen molar-refractivity contribution in [2.24, 2.45) is 0 Å². The fraction of sp³-hybridized carbons (Fsp3) is 0.750. The molecule has 2 aliphatic rings. The average molecular weight is 396 g/mol. The molecule has 0 atom stereocenters. The predicted octanol–water partition coefficient (Wildman–Crippen LogP) is 4.44. The van der Waals surface area contributed by atoms with Crippen LogP contribution in [0.4, 0.5) is 0 Å². The molecular weight excluding hydrogens is 374 g/mol. The van der Waals surface area contributed by atoms with E-state index in [4.69, 9.17) is 30.9 Å². The van der Waals surface area contributed by atoms with Gasteiger partial charge < -0.3 is 12.2 Å². The van der Waals surface area contributed by atoms with Crippen molar-refractivity contribution in [3.8, 4) is 0 Å². The summed E-state index contributed by atoms with van der Waals surface area (Å²) in [5, 5.41) is 0. The van der Waals surface area contributed by atoms with Gasteiger partial charge in [-0.2, -0.15) is 0 Å². The molecule has 7 heteroatoms. The van der Waals surface area contributed by atoms with Gasteiger partial charge >= 0.3 is 45.2 Å². The standard InChI is InChI=1S/C12H22PS.4CO.Mn/c14-13(11-7-3-1-4-8-11)12-9-5-2-6-10-12;4*1-2;/h11-12H,1-10H2;;;;;/q-1;;;;;. The normalized spacial score (nSPS) is 16.8. The van der Waals surface area contributed by atoms with E-state index in [1.54, 1.807) is 0 Å². The van der Waals surface area contributed by atoms with Crippen LogP contribution < -0.4 is 0 Å². The summed E-state index contributed by atoms with van der Waals surface area (Å²) < 4.78 is 30.0. The van der Waals surface area contributed by atoms with Crippen LogP contribution in [0.1, 0.15) is 64.2 Å². The maximum atomic E-state index is 7.50. The van der Waals surface area contributed by atoms with E-state index in [9.17, 15) is 0 Å². The molecule has 0 amide bonds. The zero-order valence-corrected chi connectivity index (χ0v) is 16.0. The van der Waals surface area contributed by atoms with Crippen LogP contribution in [-0.4, -0.2) is 11.3 Å². The first-order valence-electron chi connectivity index (χ1n) is 7.15. The van der Waals surface area contributed by atoms with Crippen molar-refractivity contribution < 1.29 is 35.7 Å². The minimum Gasteiger partial charge on any atom is -0.758 e. The van der Waals surface area contributed by atoms with Crippen molar-refractivity contribution >= 4 is 19.4 Å². The van der Waals surface area contributed by atoms with Gasteiger partial charge in [-0.25, -0.2) is 7.12 Å². The second-order valence-corrected chi connectivity index (χ2v) is 8.39. The monoisotopic (exact) mass is 396 g/mol. The van der Waals surface area contributed by atoms with Crippen LogP contribution in [0, 0.1) is 26.6 Å². The molecule has 1 radical (unpaired) electrons. The third kappa shape index (κ3) is 15.5. The van der Waals surface area contributed by atoms with Crippen LogP contribution in [0.2, 0.25) is 0 Å². The summed E-state index contributed by atoms with van der Waals surface area (Å²) in [6, 6.07) is 0. The zero-order chi connectivity index (χ0) is 17.8. The molecule has 0 N–H and O–H groups in total. The van der Waals surface area contributed by atoms with E-state index in [0.717, 1.165) is 11.3 Å². The van der Waals surface area contributed by atoms with E-state index < -0.39 is 0 Å². The Morgan fingerprint density at radius 2 is 0.783 bits per heavy atom. The van der Waals surface area contributed by atoms with Crippen LogP contribution in [0.5, 0.6) is 0 Å². The third-order valence-electron chi connectivity index (χ3n) is 3.87. The van der Waals surface area contributed by atoms with Gasteiger partial charge in [0.05, 0.1) is 0 Å². The van der Waals surface area contributed by atoms with Crippen molar-refractivity contribution in [2.45, 2.75) is 75.5 Å². The summed E-state index contributed by atoms with van der Waals surface area (Å²) >= 11 is 5.84. The molecule has 0 heterocycles. The Morgan fingerprint density at radius 1 is 0.565 bits per heavy atom. The molecule has 2 saturated carbocycles. The van der Waals surface area contributed by atoms with Crippen LogP contribution in [0.15, 0.2) is 0 Å². The second kappa shape index (κ2) is 27.1. The average Bonchev–Trinajstić information content (AvgIpc) is 2.69.